The van der Waals surface area contributed by atoms with Crippen LogP contribution in [-0.2, 0) is 27.3 Å². The summed E-state index contributed by atoms with van der Waals surface area (Å²) in [6, 6.07) is 10.8. The van der Waals surface area contributed by atoms with Crippen molar-refractivity contribution in [2.75, 3.05) is 39.4 Å². The first-order chi connectivity index (χ1) is 16.1. The highest BCUT2D eigenvalue weighted by atomic mass is 16.5. The second-order valence-corrected chi connectivity index (χ2v) is 9.50. The van der Waals surface area contributed by atoms with Gasteiger partial charge in [-0.05, 0) is 37.2 Å². The van der Waals surface area contributed by atoms with E-state index in [0.717, 1.165) is 71.6 Å². The monoisotopic (exact) mass is 454 g/mol. The lowest BCUT2D eigenvalue weighted by atomic mass is 9.76. The molecule has 8 nitrogen and oxygen atoms in total. The molecule has 0 spiro atoms. The summed E-state index contributed by atoms with van der Waals surface area (Å²) in [5, 5.41) is 6.89. The SMILES string of the molecule is O=C(C1CCOCC1)N1C[C@@H]2CN(Cc3cnc[nH]3)C[C@]2(CCc2ccccc2)C1.O=CO. The summed E-state index contributed by atoms with van der Waals surface area (Å²) < 4.78 is 5.47. The number of benzene rings is 1. The smallest absolute Gasteiger partial charge is 0.290 e. The molecule has 3 saturated heterocycles. The van der Waals surface area contributed by atoms with Gasteiger partial charge in [-0.1, -0.05) is 30.3 Å². The summed E-state index contributed by atoms with van der Waals surface area (Å²) in [7, 11) is 0. The van der Waals surface area contributed by atoms with Crippen molar-refractivity contribution in [2.24, 2.45) is 17.3 Å². The number of hydrogen-bond donors (Lipinski definition) is 2. The van der Waals surface area contributed by atoms with Crippen molar-refractivity contribution in [1.82, 2.24) is 19.8 Å². The third kappa shape index (κ3) is 5.62. The Kier molecular flexibility index (Phi) is 7.77. The number of rotatable bonds is 6. The van der Waals surface area contributed by atoms with Gasteiger partial charge in [-0.2, -0.15) is 0 Å². The van der Waals surface area contributed by atoms with Crippen LogP contribution in [0, 0.1) is 17.3 Å². The highest BCUT2D eigenvalue weighted by Crippen LogP contribution is 2.46. The van der Waals surface area contributed by atoms with Gasteiger partial charge in [0.2, 0.25) is 5.91 Å². The van der Waals surface area contributed by atoms with E-state index in [1.54, 1.807) is 6.33 Å². The molecule has 3 aliphatic heterocycles. The minimum absolute atomic E-state index is 0.157. The fourth-order valence-electron chi connectivity index (χ4n) is 5.79. The van der Waals surface area contributed by atoms with Crippen LogP contribution < -0.4 is 0 Å². The molecule has 1 aromatic carbocycles. The van der Waals surface area contributed by atoms with Crippen molar-refractivity contribution in [2.45, 2.75) is 32.2 Å². The second-order valence-electron chi connectivity index (χ2n) is 9.50. The number of aryl methyl sites for hydroxylation is 1. The van der Waals surface area contributed by atoms with E-state index in [9.17, 15) is 4.79 Å². The predicted molar refractivity (Wildman–Crippen MR) is 123 cm³/mol. The van der Waals surface area contributed by atoms with Crippen LogP contribution in [0.2, 0.25) is 0 Å². The number of fused-ring (bicyclic) bond motifs is 1. The number of carbonyl (C=O) groups excluding carboxylic acids is 1. The van der Waals surface area contributed by atoms with Crippen LogP contribution in [-0.4, -0.2) is 76.6 Å². The largest absolute Gasteiger partial charge is 0.483 e. The number of nitrogens with zero attached hydrogens (tertiary/aromatic N) is 3. The number of likely N-dealkylation sites (tertiary alicyclic amines) is 2. The van der Waals surface area contributed by atoms with Gasteiger partial charge in [0, 0.05) is 69.2 Å². The van der Waals surface area contributed by atoms with Crippen LogP contribution in [0.3, 0.4) is 0 Å². The van der Waals surface area contributed by atoms with E-state index in [0.29, 0.717) is 11.8 Å². The molecule has 0 saturated carbocycles. The molecule has 5 rings (SSSR count). The number of H-pyrrole nitrogens is 1. The Labute approximate surface area is 194 Å². The fourth-order valence-corrected chi connectivity index (χ4v) is 5.79. The minimum Gasteiger partial charge on any atom is -0.483 e. The third-order valence-corrected chi connectivity index (χ3v) is 7.42. The molecule has 4 heterocycles. The lowest BCUT2D eigenvalue weighted by molar-refractivity contribution is -0.138. The quantitative estimate of drug-likeness (QED) is 0.651. The summed E-state index contributed by atoms with van der Waals surface area (Å²) in [5.74, 6) is 1.07. The van der Waals surface area contributed by atoms with Gasteiger partial charge in [0.05, 0.1) is 6.33 Å². The molecule has 1 aromatic heterocycles. The molecule has 8 heteroatoms. The Balaban J connectivity index is 0.000000821. The van der Waals surface area contributed by atoms with E-state index in [1.165, 1.54) is 11.3 Å². The highest BCUT2D eigenvalue weighted by Gasteiger charge is 2.53. The van der Waals surface area contributed by atoms with E-state index in [-0.39, 0.29) is 17.8 Å². The van der Waals surface area contributed by atoms with Crippen molar-refractivity contribution in [3.05, 3.63) is 54.1 Å². The average Bonchev–Trinajstić information content (AvgIpc) is 3.55. The molecule has 178 valence electrons. The number of aromatic nitrogens is 2. The lowest BCUT2D eigenvalue weighted by Gasteiger charge is -2.31. The number of carboxylic acid groups (broad SMARTS) is 1. The summed E-state index contributed by atoms with van der Waals surface area (Å²) in [6.45, 7) is 6.05. The highest BCUT2D eigenvalue weighted by molar-refractivity contribution is 5.79. The lowest BCUT2D eigenvalue weighted by Crippen LogP contribution is -2.41. The van der Waals surface area contributed by atoms with Crippen LogP contribution in [0.5, 0.6) is 0 Å². The molecule has 0 radical (unpaired) electrons. The van der Waals surface area contributed by atoms with Gasteiger partial charge < -0.3 is 19.7 Å². The van der Waals surface area contributed by atoms with Crippen LogP contribution in [0.1, 0.15) is 30.5 Å². The second kappa shape index (κ2) is 10.9. The Morgan fingerprint density at radius 2 is 1.97 bits per heavy atom. The van der Waals surface area contributed by atoms with Gasteiger partial charge >= 0.3 is 0 Å². The van der Waals surface area contributed by atoms with E-state index in [1.807, 2.05) is 6.20 Å². The Morgan fingerprint density at radius 3 is 2.67 bits per heavy atom. The van der Waals surface area contributed by atoms with Crippen molar-refractivity contribution < 1.29 is 19.4 Å². The number of imidazole rings is 1. The van der Waals surface area contributed by atoms with E-state index in [2.05, 4.69) is 50.1 Å². The molecular weight excluding hydrogens is 420 g/mol. The summed E-state index contributed by atoms with van der Waals surface area (Å²) in [4.78, 5) is 33.8. The average molecular weight is 455 g/mol. The Hall–Kier alpha value is -2.71. The molecule has 3 fully saturated rings. The standard InChI is InChI=1S/C24H32N4O2.CH2O2/c29-23(20-7-10-30-11-8-20)28-14-21-13-27(15-22-12-25-18-26-22)16-24(21,17-28)9-6-19-4-2-1-3-5-19;2-1-3/h1-5,12,18,20-21H,6-11,13-17H2,(H,25,26);1H,(H,2,3)/t21-,24+;/m0./s1. The molecule has 1 amide bonds. The number of amides is 1. The molecule has 2 atom stereocenters. The van der Waals surface area contributed by atoms with Crippen molar-refractivity contribution in [3.63, 3.8) is 0 Å². The molecule has 3 aliphatic rings. The summed E-state index contributed by atoms with van der Waals surface area (Å²) >= 11 is 0. The molecular formula is C25H34N4O4. The maximum absolute atomic E-state index is 13.2. The van der Waals surface area contributed by atoms with Crippen LogP contribution >= 0.6 is 0 Å². The first-order valence-electron chi connectivity index (χ1n) is 11.8. The van der Waals surface area contributed by atoms with Gasteiger partial charge in [0.25, 0.3) is 6.47 Å². The number of carbonyl (C=O) groups is 2. The summed E-state index contributed by atoms with van der Waals surface area (Å²) in [6.07, 6.45) is 7.65. The third-order valence-electron chi connectivity index (χ3n) is 7.42. The van der Waals surface area contributed by atoms with E-state index in [4.69, 9.17) is 14.6 Å². The van der Waals surface area contributed by atoms with Crippen LogP contribution in [0.4, 0.5) is 0 Å². The van der Waals surface area contributed by atoms with Gasteiger partial charge in [0.1, 0.15) is 0 Å². The van der Waals surface area contributed by atoms with Crippen molar-refractivity contribution in [3.8, 4) is 0 Å². The Morgan fingerprint density at radius 1 is 1.21 bits per heavy atom. The summed E-state index contributed by atoms with van der Waals surface area (Å²) in [5.41, 5.74) is 2.76. The van der Waals surface area contributed by atoms with E-state index < -0.39 is 0 Å². The number of hydrogen-bond acceptors (Lipinski definition) is 5. The van der Waals surface area contributed by atoms with Crippen LogP contribution in [0.25, 0.3) is 0 Å². The molecule has 2 aromatic rings. The molecule has 0 unspecified atom stereocenters. The normalized spacial score (nSPS) is 25.3. The maximum atomic E-state index is 13.2. The topological polar surface area (TPSA) is 98.8 Å². The number of nitrogens with one attached hydrogen (secondary N) is 1. The first-order valence-corrected chi connectivity index (χ1v) is 11.8. The van der Waals surface area contributed by atoms with Crippen molar-refractivity contribution >= 4 is 12.4 Å². The van der Waals surface area contributed by atoms with Crippen molar-refractivity contribution in [1.29, 1.82) is 0 Å². The Bertz CT molecular complexity index is 885. The number of aromatic amines is 1. The van der Waals surface area contributed by atoms with Gasteiger partial charge in [-0.25, -0.2) is 4.98 Å². The van der Waals surface area contributed by atoms with Crippen LogP contribution in [0.15, 0.2) is 42.9 Å². The maximum Gasteiger partial charge on any atom is 0.290 e. The predicted octanol–water partition coefficient (Wildman–Crippen LogP) is 2.43. The molecule has 2 N–H and O–H groups in total. The molecule has 0 aliphatic carbocycles. The zero-order valence-corrected chi connectivity index (χ0v) is 19.1. The van der Waals surface area contributed by atoms with Gasteiger partial charge in [-0.3, -0.25) is 14.5 Å². The zero-order valence-electron chi connectivity index (χ0n) is 19.1. The molecule has 0 bridgehead atoms. The van der Waals surface area contributed by atoms with E-state index >= 15 is 0 Å². The molecule has 33 heavy (non-hydrogen) atoms. The first kappa shape index (κ1) is 23.4. The van der Waals surface area contributed by atoms with Gasteiger partial charge in [-0.15, -0.1) is 0 Å². The fraction of sp³-hybridized carbons (Fsp3) is 0.560. The number of ether oxygens (including phenoxy) is 1. The van der Waals surface area contributed by atoms with Gasteiger partial charge in [0.15, 0.2) is 0 Å². The zero-order chi connectivity index (χ0) is 23.1. The minimum atomic E-state index is -0.250.